The fraction of sp³-hybridized carbons (Fsp3) is 0.222. The van der Waals surface area contributed by atoms with E-state index >= 15 is 0 Å². The Kier molecular flexibility index (Phi) is 6.84. The number of ether oxygens (including phenoxy) is 1. The molecule has 2 rings (SSSR count). The van der Waals surface area contributed by atoms with Gasteiger partial charge in [0.2, 0.25) is 0 Å². The molecule has 0 saturated heterocycles. The monoisotopic (exact) mass is 373 g/mol. The standard InChI is InChI=1S/C18H19N3O6/c1-12-3-2-4-13(9-12)20-17(23)11-27-18(24)15-10-14(21(25)26)5-6-16(15)19-7-8-22/h2-6,9-10,19,22H,7-8,11H2,1H3,(H,20,23). The van der Waals surface area contributed by atoms with Crippen molar-refractivity contribution in [3.8, 4) is 0 Å². The second-order valence-corrected chi connectivity index (χ2v) is 5.63. The first-order valence-electron chi connectivity index (χ1n) is 8.07. The summed E-state index contributed by atoms with van der Waals surface area (Å²) < 4.78 is 4.97. The third kappa shape index (κ3) is 5.79. The van der Waals surface area contributed by atoms with Crippen LogP contribution in [-0.4, -0.2) is 41.7 Å². The number of carbonyl (C=O) groups is 2. The van der Waals surface area contributed by atoms with Crippen LogP contribution in [0.25, 0.3) is 0 Å². The van der Waals surface area contributed by atoms with Crippen LogP contribution in [0.3, 0.4) is 0 Å². The van der Waals surface area contributed by atoms with E-state index in [-0.39, 0.29) is 30.1 Å². The van der Waals surface area contributed by atoms with Crippen molar-refractivity contribution in [2.45, 2.75) is 6.92 Å². The van der Waals surface area contributed by atoms with Gasteiger partial charge in [0.1, 0.15) is 0 Å². The van der Waals surface area contributed by atoms with E-state index < -0.39 is 23.4 Å². The molecule has 0 aliphatic carbocycles. The number of carbonyl (C=O) groups excluding carboxylic acids is 2. The third-order valence-corrected chi connectivity index (χ3v) is 3.50. The SMILES string of the molecule is Cc1cccc(NC(=O)COC(=O)c2cc([N+](=O)[O-])ccc2NCCO)c1. The van der Waals surface area contributed by atoms with Crippen molar-refractivity contribution in [1.29, 1.82) is 0 Å². The van der Waals surface area contributed by atoms with Gasteiger partial charge in [0.05, 0.1) is 17.1 Å². The average Bonchev–Trinajstić information content (AvgIpc) is 2.64. The van der Waals surface area contributed by atoms with Gasteiger partial charge in [0.15, 0.2) is 6.61 Å². The Balaban J connectivity index is 2.06. The molecule has 0 heterocycles. The maximum absolute atomic E-state index is 12.3. The average molecular weight is 373 g/mol. The fourth-order valence-electron chi connectivity index (χ4n) is 2.29. The molecule has 1 amide bonds. The van der Waals surface area contributed by atoms with E-state index in [9.17, 15) is 19.7 Å². The van der Waals surface area contributed by atoms with E-state index in [1.54, 1.807) is 18.2 Å². The molecule has 0 aliphatic heterocycles. The van der Waals surface area contributed by atoms with Gasteiger partial charge in [-0.3, -0.25) is 14.9 Å². The van der Waals surface area contributed by atoms with Gasteiger partial charge in [-0.1, -0.05) is 12.1 Å². The van der Waals surface area contributed by atoms with Gasteiger partial charge in [-0.25, -0.2) is 4.79 Å². The van der Waals surface area contributed by atoms with Gasteiger partial charge in [0.25, 0.3) is 11.6 Å². The van der Waals surface area contributed by atoms with E-state index in [2.05, 4.69) is 10.6 Å². The fourth-order valence-corrected chi connectivity index (χ4v) is 2.29. The van der Waals surface area contributed by atoms with Crippen molar-refractivity contribution >= 4 is 28.9 Å². The molecule has 0 unspecified atom stereocenters. The number of aliphatic hydroxyl groups excluding tert-OH is 1. The Morgan fingerprint density at radius 3 is 2.67 bits per heavy atom. The molecule has 3 N–H and O–H groups in total. The van der Waals surface area contributed by atoms with Crippen molar-refractivity contribution in [2.24, 2.45) is 0 Å². The molecule has 0 bridgehead atoms. The van der Waals surface area contributed by atoms with E-state index in [0.29, 0.717) is 5.69 Å². The van der Waals surface area contributed by atoms with E-state index in [0.717, 1.165) is 11.6 Å². The summed E-state index contributed by atoms with van der Waals surface area (Å²) in [6, 6.07) is 10.7. The first kappa shape index (κ1) is 19.9. The topological polar surface area (TPSA) is 131 Å². The van der Waals surface area contributed by atoms with Crippen LogP contribution in [0, 0.1) is 17.0 Å². The van der Waals surface area contributed by atoms with Gasteiger partial charge in [0, 0.05) is 30.1 Å². The molecular formula is C18H19N3O6. The number of nitrogens with zero attached hydrogens (tertiary/aromatic N) is 1. The third-order valence-electron chi connectivity index (χ3n) is 3.50. The molecule has 9 heteroatoms. The van der Waals surface area contributed by atoms with Crippen molar-refractivity contribution in [3.63, 3.8) is 0 Å². The number of hydrogen-bond donors (Lipinski definition) is 3. The van der Waals surface area contributed by atoms with Crippen LogP contribution in [0.4, 0.5) is 17.1 Å². The number of non-ortho nitro benzene ring substituents is 1. The van der Waals surface area contributed by atoms with Crippen LogP contribution in [-0.2, 0) is 9.53 Å². The minimum atomic E-state index is -0.890. The number of rotatable bonds is 8. The zero-order chi connectivity index (χ0) is 19.8. The van der Waals surface area contributed by atoms with Gasteiger partial charge in [-0.05, 0) is 30.7 Å². The Morgan fingerprint density at radius 1 is 1.22 bits per heavy atom. The van der Waals surface area contributed by atoms with Crippen molar-refractivity contribution in [3.05, 3.63) is 63.7 Å². The summed E-state index contributed by atoms with van der Waals surface area (Å²) in [5.74, 6) is -1.43. The lowest BCUT2D eigenvalue weighted by Crippen LogP contribution is -2.21. The summed E-state index contributed by atoms with van der Waals surface area (Å²) in [5, 5.41) is 25.2. The number of aryl methyl sites for hydroxylation is 1. The smallest absolute Gasteiger partial charge is 0.341 e. The number of esters is 1. The first-order chi connectivity index (χ1) is 12.9. The van der Waals surface area contributed by atoms with Crippen molar-refractivity contribution < 1.29 is 24.4 Å². The highest BCUT2D eigenvalue weighted by Gasteiger charge is 2.19. The number of hydrogen-bond acceptors (Lipinski definition) is 7. The zero-order valence-corrected chi connectivity index (χ0v) is 14.6. The molecule has 0 radical (unpaired) electrons. The molecule has 0 aliphatic rings. The second-order valence-electron chi connectivity index (χ2n) is 5.63. The minimum absolute atomic E-state index is 0.0963. The molecule has 9 nitrogen and oxygen atoms in total. The molecule has 2 aromatic carbocycles. The van der Waals surface area contributed by atoms with Crippen LogP contribution in [0.5, 0.6) is 0 Å². The molecule has 0 atom stereocenters. The number of nitro benzene ring substituents is 1. The molecule has 2 aromatic rings. The Hall–Kier alpha value is -3.46. The summed E-state index contributed by atoms with van der Waals surface area (Å²) in [6.07, 6.45) is 0. The van der Waals surface area contributed by atoms with Crippen LogP contribution >= 0.6 is 0 Å². The Labute approximate surface area is 155 Å². The molecular weight excluding hydrogens is 354 g/mol. The van der Waals surface area contributed by atoms with E-state index in [4.69, 9.17) is 9.84 Å². The normalized spacial score (nSPS) is 10.1. The maximum Gasteiger partial charge on any atom is 0.341 e. The predicted octanol–water partition coefficient (Wildman–Crippen LogP) is 2.10. The zero-order valence-electron chi connectivity index (χ0n) is 14.6. The van der Waals surface area contributed by atoms with Gasteiger partial charge >= 0.3 is 5.97 Å². The van der Waals surface area contributed by atoms with Crippen molar-refractivity contribution in [2.75, 3.05) is 30.4 Å². The molecule has 0 fully saturated rings. The van der Waals surface area contributed by atoms with Crippen LogP contribution in [0.2, 0.25) is 0 Å². The summed E-state index contributed by atoms with van der Waals surface area (Å²) >= 11 is 0. The number of benzene rings is 2. The minimum Gasteiger partial charge on any atom is -0.452 e. The predicted molar refractivity (Wildman–Crippen MR) is 98.8 cm³/mol. The molecule has 0 spiro atoms. The van der Waals surface area contributed by atoms with Crippen molar-refractivity contribution in [1.82, 2.24) is 0 Å². The van der Waals surface area contributed by atoms with Gasteiger partial charge in [-0.2, -0.15) is 0 Å². The molecule has 142 valence electrons. The summed E-state index contributed by atoms with van der Waals surface area (Å²) in [5.41, 5.74) is 1.40. The number of aliphatic hydroxyl groups is 1. The highest BCUT2D eigenvalue weighted by atomic mass is 16.6. The number of anilines is 2. The lowest BCUT2D eigenvalue weighted by Gasteiger charge is -2.11. The number of amides is 1. The van der Waals surface area contributed by atoms with Crippen LogP contribution in [0.15, 0.2) is 42.5 Å². The quantitative estimate of drug-likeness (QED) is 0.367. The molecule has 27 heavy (non-hydrogen) atoms. The van der Waals surface area contributed by atoms with E-state index in [1.165, 1.54) is 12.1 Å². The summed E-state index contributed by atoms with van der Waals surface area (Å²) in [7, 11) is 0. The Bertz CT molecular complexity index is 853. The van der Waals surface area contributed by atoms with Crippen LogP contribution in [0.1, 0.15) is 15.9 Å². The molecule has 0 saturated carbocycles. The second kappa shape index (κ2) is 9.30. The van der Waals surface area contributed by atoms with Gasteiger partial charge in [-0.15, -0.1) is 0 Å². The lowest BCUT2D eigenvalue weighted by atomic mass is 10.1. The van der Waals surface area contributed by atoms with E-state index in [1.807, 2.05) is 13.0 Å². The highest BCUT2D eigenvalue weighted by molar-refractivity contribution is 5.99. The highest BCUT2D eigenvalue weighted by Crippen LogP contribution is 2.23. The first-order valence-corrected chi connectivity index (χ1v) is 8.07. The largest absolute Gasteiger partial charge is 0.452 e. The Morgan fingerprint density at radius 2 is 2.00 bits per heavy atom. The number of nitro groups is 1. The van der Waals surface area contributed by atoms with Gasteiger partial charge < -0.3 is 20.5 Å². The lowest BCUT2D eigenvalue weighted by molar-refractivity contribution is -0.384. The molecule has 0 aromatic heterocycles. The number of nitrogens with one attached hydrogen (secondary N) is 2. The summed E-state index contributed by atoms with van der Waals surface area (Å²) in [4.78, 5) is 34.5. The maximum atomic E-state index is 12.3. The van der Waals surface area contributed by atoms with Crippen LogP contribution < -0.4 is 10.6 Å². The summed E-state index contributed by atoms with van der Waals surface area (Å²) in [6.45, 7) is 1.28.